The molecule has 1 saturated heterocycles. The Morgan fingerprint density at radius 1 is 1.15 bits per heavy atom. The van der Waals surface area contributed by atoms with E-state index in [9.17, 15) is 0 Å². The lowest BCUT2D eigenvalue weighted by atomic mass is 9.86. The minimum atomic E-state index is 0.537. The molecule has 2 aliphatic rings. The predicted molar refractivity (Wildman–Crippen MR) is 82.6 cm³/mol. The van der Waals surface area contributed by atoms with Crippen molar-refractivity contribution in [3.8, 4) is 0 Å². The van der Waals surface area contributed by atoms with Gasteiger partial charge in [0.15, 0.2) is 0 Å². The Balaban J connectivity index is 1.57. The fourth-order valence-electron chi connectivity index (χ4n) is 3.75. The maximum atomic E-state index is 4.15. The van der Waals surface area contributed by atoms with Gasteiger partial charge in [0.1, 0.15) is 0 Å². The SMILES string of the molecule is c1cc(C2CNCCN2CCC2CCCCC2)ccn1. The van der Waals surface area contributed by atoms with Gasteiger partial charge in [-0.15, -0.1) is 0 Å². The Morgan fingerprint density at radius 3 is 2.75 bits per heavy atom. The lowest BCUT2D eigenvalue weighted by molar-refractivity contribution is 0.145. The molecule has 110 valence electrons. The zero-order valence-electron chi connectivity index (χ0n) is 12.4. The van der Waals surface area contributed by atoms with Crippen LogP contribution in [0.1, 0.15) is 50.1 Å². The average molecular weight is 273 g/mol. The first-order valence-electron chi connectivity index (χ1n) is 8.28. The summed E-state index contributed by atoms with van der Waals surface area (Å²) >= 11 is 0. The van der Waals surface area contributed by atoms with Gasteiger partial charge in [-0.1, -0.05) is 32.1 Å². The molecule has 2 heterocycles. The van der Waals surface area contributed by atoms with Crippen LogP contribution in [0.5, 0.6) is 0 Å². The van der Waals surface area contributed by atoms with E-state index in [0.29, 0.717) is 6.04 Å². The molecule has 3 heteroatoms. The van der Waals surface area contributed by atoms with E-state index in [4.69, 9.17) is 0 Å². The highest BCUT2D eigenvalue weighted by Crippen LogP contribution is 2.28. The van der Waals surface area contributed by atoms with Crippen molar-refractivity contribution < 1.29 is 0 Å². The second kappa shape index (κ2) is 7.19. The van der Waals surface area contributed by atoms with E-state index in [1.165, 1.54) is 57.2 Å². The molecule has 2 fully saturated rings. The lowest BCUT2D eigenvalue weighted by Crippen LogP contribution is -2.46. The summed E-state index contributed by atoms with van der Waals surface area (Å²) in [5.41, 5.74) is 1.41. The minimum absolute atomic E-state index is 0.537. The molecule has 1 aromatic heterocycles. The largest absolute Gasteiger partial charge is 0.314 e. The molecule has 0 aromatic carbocycles. The van der Waals surface area contributed by atoms with Gasteiger partial charge in [0.2, 0.25) is 0 Å². The molecule has 3 rings (SSSR count). The fourth-order valence-corrected chi connectivity index (χ4v) is 3.75. The third-order valence-corrected chi connectivity index (χ3v) is 4.99. The van der Waals surface area contributed by atoms with Crippen molar-refractivity contribution in [2.75, 3.05) is 26.2 Å². The molecule has 0 radical (unpaired) electrons. The van der Waals surface area contributed by atoms with Gasteiger partial charge < -0.3 is 5.32 Å². The van der Waals surface area contributed by atoms with Crippen LogP contribution in [0.25, 0.3) is 0 Å². The van der Waals surface area contributed by atoms with Crippen molar-refractivity contribution in [1.29, 1.82) is 0 Å². The van der Waals surface area contributed by atoms with Gasteiger partial charge in [-0.2, -0.15) is 0 Å². The van der Waals surface area contributed by atoms with E-state index in [1.54, 1.807) is 0 Å². The van der Waals surface area contributed by atoms with Crippen molar-refractivity contribution in [1.82, 2.24) is 15.2 Å². The topological polar surface area (TPSA) is 28.2 Å². The van der Waals surface area contributed by atoms with Crippen LogP contribution >= 0.6 is 0 Å². The third-order valence-electron chi connectivity index (χ3n) is 4.99. The molecular weight excluding hydrogens is 246 g/mol. The Bertz CT molecular complexity index is 386. The van der Waals surface area contributed by atoms with Gasteiger partial charge in [-0.05, 0) is 36.6 Å². The van der Waals surface area contributed by atoms with Crippen LogP contribution in [0.15, 0.2) is 24.5 Å². The number of hydrogen-bond donors (Lipinski definition) is 1. The molecule has 3 nitrogen and oxygen atoms in total. The van der Waals surface area contributed by atoms with E-state index < -0.39 is 0 Å². The van der Waals surface area contributed by atoms with Crippen molar-refractivity contribution in [3.05, 3.63) is 30.1 Å². The zero-order chi connectivity index (χ0) is 13.6. The zero-order valence-corrected chi connectivity index (χ0v) is 12.4. The first-order valence-corrected chi connectivity index (χ1v) is 8.28. The number of aromatic nitrogens is 1. The summed E-state index contributed by atoms with van der Waals surface area (Å²) in [7, 11) is 0. The van der Waals surface area contributed by atoms with Crippen LogP contribution in [0.3, 0.4) is 0 Å². The lowest BCUT2D eigenvalue weighted by Gasteiger charge is -2.37. The van der Waals surface area contributed by atoms with Crippen molar-refractivity contribution >= 4 is 0 Å². The van der Waals surface area contributed by atoms with Gasteiger partial charge >= 0.3 is 0 Å². The molecule has 1 N–H and O–H groups in total. The summed E-state index contributed by atoms with van der Waals surface area (Å²) < 4.78 is 0. The van der Waals surface area contributed by atoms with E-state index in [1.807, 2.05) is 12.4 Å². The highest BCUT2D eigenvalue weighted by atomic mass is 15.2. The molecule has 0 bridgehead atoms. The summed E-state index contributed by atoms with van der Waals surface area (Å²) in [5, 5.41) is 3.54. The second-order valence-corrected chi connectivity index (χ2v) is 6.33. The van der Waals surface area contributed by atoms with Crippen molar-refractivity contribution in [2.24, 2.45) is 5.92 Å². The Morgan fingerprint density at radius 2 is 1.95 bits per heavy atom. The fraction of sp³-hybridized carbons (Fsp3) is 0.706. The number of rotatable bonds is 4. The molecule has 0 spiro atoms. The molecule has 1 atom stereocenters. The Kier molecular flexibility index (Phi) is 5.04. The molecule has 1 aromatic rings. The van der Waals surface area contributed by atoms with Crippen LogP contribution in [-0.2, 0) is 0 Å². The van der Waals surface area contributed by atoms with Gasteiger partial charge in [0.25, 0.3) is 0 Å². The third kappa shape index (κ3) is 3.58. The first kappa shape index (κ1) is 14.0. The molecule has 20 heavy (non-hydrogen) atoms. The number of hydrogen-bond acceptors (Lipinski definition) is 3. The Hall–Kier alpha value is -0.930. The summed E-state index contributed by atoms with van der Waals surface area (Å²) in [6.07, 6.45) is 12.5. The summed E-state index contributed by atoms with van der Waals surface area (Å²) in [4.78, 5) is 6.83. The van der Waals surface area contributed by atoms with Crippen LogP contribution in [-0.4, -0.2) is 36.1 Å². The summed E-state index contributed by atoms with van der Waals surface area (Å²) in [6, 6.07) is 4.88. The maximum absolute atomic E-state index is 4.15. The van der Waals surface area contributed by atoms with Crippen LogP contribution in [0.4, 0.5) is 0 Å². The molecule has 0 amide bonds. The van der Waals surface area contributed by atoms with E-state index >= 15 is 0 Å². The van der Waals surface area contributed by atoms with Crippen LogP contribution in [0, 0.1) is 5.92 Å². The summed E-state index contributed by atoms with van der Waals surface area (Å²) in [5.74, 6) is 0.983. The highest BCUT2D eigenvalue weighted by Gasteiger charge is 2.24. The maximum Gasteiger partial charge on any atom is 0.0474 e. The monoisotopic (exact) mass is 273 g/mol. The van der Waals surface area contributed by atoms with Gasteiger partial charge in [0.05, 0.1) is 0 Å². The quantitative estimate of drug-likeness (QED) is 0.914. The number of nitrogens with one attached hydrogen (secondary N) is 1. The average Bonchev–Trinajstić information content (AvgIpc) is 2.55. The normalized spacial score (nSPS) is 25.7. The van der Waals surface area contributed by atoms with Crippen molar-refractivity contribution in [2.45, 2.75) is 44.6 Å². The molecule has 1 aliphatic heterocycles. The van der Waals surface area contributed by atoms with Gasteiger partial charge in [-0.3, -0.25) is 9.88 Å². The Labute approximate surface area is 122 Å². The van der Waals surface area contributed by atoms with Crippen LogP contribution < -0.4 is 5.32 Å². The molecule has 1 saturated carbocycles. The molecule has 1 aliphatic carbocycles. The predicted octanol–water partition coefficient (Wildman–Crippen LogP) is 3.00. The van der Waals surface area contributed by atoms with E-state index in [2.05, 4.69) is 27.3 Å². The number of nitrogens with zero attached hydrogens (tertiary/aromatic N) is 2. The first-order chi connectivity index (χ1) is 9.93. The van der Waals surface area contributed by atoms with Gasteiger partial charge in [-0.25, -0.2) is 0 Å². The van der Waals surface area contributed by atoms with E-state index in [0.717, 1.165) is 19.0 Å². The highest BCUT2D eigenvalue weighted by molar-refractivity contribution is 5.16. The smallest absolute Gasteiger partial charge is 0.0474 e. The minimum Gasteiger partial charge on any atom is -0.314 e. The number of pyridine rings is 1. The van der Waals surface area contributed by atoms with E-state index in [-0.39, 0.29) is 0 Å². The van der Waals surface area contributed by atoms with Crippen molar-refractivity contribution in [3.63, 3.8) is 0 Å². The number of piperazine rings is 1. The van der Waals surface area contributed by atoms with Crippen LogP contribution in [0.2, 0.25) is 0 Å². The standard InChI is InChI=1S/C17H27N3/c1-2-4-15(5-3-1)8-12-20-13-11-19-14-17(20)16-6-9-18-10-7-16/h6-7,9-10,15,17,19H,1-5,8,11-14H2. The molecule has 1 unspecified atom stereocenters. The summed E-state index contributed by atoms with van der Waals surface area (Å²) in [6.45, 7) is 4.65. The second-order valence-electron chi connectivity index (χ2n) is 6.33. The van der Waals surface area contributed by atoms with Gasteiger partial charge in [0, 0.05) is 38.1 Å². The molecular formula is C17H27N3.